The summed E-state index contributed by atoms with van der Waals surface area (Å²) in [5, 5.41) is 1.52. The SMILES string of the molecule is Cc1cccc2c(=O)n([C@H](C)C(N)=O)ccc12. The van der Waals surface area contributed by atoms with E-state index in [1.807, 2.05) is 25.1 Å². The van der Waals surface area contributed by atoms with E-state index in [4.69, 9.17) is 5.73 Å². The molecule has 0 aliphatic carbocycles. The highest BCUT2D eigenvalue weighted by Crippen LogP contribution is 2.15. The second-order valence-electron chi connectivity index (χ2n) is 4.14. The highest BCUT2D eigenvalue weighted by atomic mass is 16.2. The third kappa shape index (κ3) is 1.82. The van der Waals surface area contributed by atoms with E-state index in [-0.39, 0.29) is 5.56 Å². The van der Waals surface area contributed by atoms with Gasteiger partial charge >= 0.3 is 0 Å². The first-order valence-electron chi connectivity index (χ1n) is 5.42. The summed E-state index contributed by atoms with van der Waals surface area (Å²) in [7, 11) is 0. The number of rotatable bonds is 2. The van der Waals surface area contributed by atoms with Gasteiger partial charge in [-0.3, -0.25) is 9.59 Å². The Bertz CT molecular complexity index is 643. The van der Waals surface area contributed by atoms with Crippen molar-refractivity contribution in [3.05, 3.63) is 46.4 Å². The van der Waals surface area contributed by atoms with Gasteiger partial charge in [-0.15, -0.1) is 0 Å². The van der Waals surface area contributed by atoms with Crippen molar-refractivity contribution in [2.45, 2.75) is 19.9 Å². The van der Waals surface area contributed by atoms with Gasteiger partial charge in [-0.25, -0.2) is 0 Å². The van der Waals surface area contributed by atoms with Crippen LogP contribution in [0.15, 0.2) is 35.3 Å². The fourth-order valence-corrected chi connectivity index (χ4v) is 1.89. The lowest BCUT2D eigenvalue weighted by molar-refractivity contribution is -0.120. The second-order valence-corrected chi connectivity index (χ2v) is 4.14. The van der Waals surface area contributed by atoms with Crippen molar-refractivity contribution in [2.75, 3.05) is 0 Å². The van der Waals surface area contributed by atoms with Crippen LogP contribution in [-0.2, 0) is 4.79 Å². The van der Waals surface area contributed by atoms with Crippen molar-refractivity contribution in [1.82, 2.24) is 4.57 Å². The van der Waals surface area contributed by atoms with E-state index in [0.717, 1.165) is 10.9 Å². The number of hydrogen-bond donors (Lipinski definition) is 1. The predicted octanol–water partition coefficient (Wildman–Crippen LogP) is 1.36. The molecule has 2 aromatic rings. The molecule has 17 heavy (non-hydrogen) atoms. The summed E-state index contributed by atoms with van der Waals surface area (Å²) in [5.41, 5.74) is 6.07. The molecule has 1 aromatic carbocycles. The summed E-state index contributed by atoms with van der Waals surface area (Å²) in [6.45, 7) is 3.56. The van der Waals surface area contributed by atoms with Crippen LogP contribution in [0, 0.1) is 6.92 Å². The van der Waals surface area contributed by atoms with Crippen molar-refractivity contribution >= 4 is 16.7 Å². The second kappa shape index (κ2) is 4.05. The van der Waals surface area contributed by atoms with Crippen LogP contribution < -0.4 is 11.3 Å². The third-order valence-electron chi connectivity index (χ3n) is 3.02. The molecular formula is C13H14N2O2. The van der Waals surface area contributed by atoms with E-state index in [1.54, 1.807) is 19.2 Å². The number of benzene rings is 1. The zero-order valence-electron chi connectivity index (χ0n) is 9.81. The molecule has 1 aromatic heterocycles. The van der Waals surface area contributed by atoms with E-state index >= 15 is 0 Å². The van der Waals surface area contributed by atoms with Crippen LogP contribution in [-0.4, -0.2) is 10.5 Å². The van der Waals surface area contributed by atoms with Gasteiger partial charge < -0.3 is 10.3 Å². The Kier molecular flexibility index (Phi) is 2.71. The summed E-state index contributed by atoms with van der Waals surface area (Å²) < 4.78 is 1.37. The quantitative estimate of drug-likeness (QED) is 0.846. The molecule has 1 heterocycles. The van der Waals surface area contributed by atoms with Crippen LogP contribution in [0.1, 0.15) is 18.5 Å². The number of pyridine rings is 1. The van der Waals surface area contributed by atoms with Crippen molar-refractivity contribution in [1.29, 1.82) is 0 Å². The summed E-state index contributed by atoms with van der Waals surface area (Å²) in [6, 6.07) is 6.75. The standard InChI is InChI=1S/C13H14N2O2/c1-8-4-3-5-11-10(8)6-7-15(13(11)17)9(2)12(14)16/h3-7,9H,1-2H3,(H2,14,16)/t9-/m1/s1. The molecule has 2 N–H and O–H groups in total. The van der Waals surface area contributed by atoms with Gasteiger partial charge in [-0.05, 0) is 36.9 Å². The molecule has 4 heteroatoms. The smallest absolute Gasteiger partial charge is 0.259 e. The van der Waals surface area contributed by atoms with E-state index < -0.39 is 11.9 Å². The maximum atomic E-state index is 12.2. The lowest BCUT2D eigenvalue weighted by Crippen LogP contribution is -2.31. The summed E-state index contributed by atoms with van der Waals surface area (Å²) in [5.74, 6) is -0.515. The fourth-order valence-electron chi connectivity index (χ4n) is 1.89. The lowest BCUT2D eigenvalue weighted by atomic mass is 10.1. The number of amides is 1. The number of aryl methyl sites for hydroxylation is 1. The average molecular weight is 230 g/mol. The van der Waals surface area contributed by atoms with E-state index in [9.17, 15) is 9.59 Å². The monoisotopic (exact) mass is 230 g/mol. The van der Waals surface area contributed by atoms with Crippen molar-refractivity contribution in [2.24, 2.45) is 5.73 Å². The van der Waals surface area contributed by atoms with Crippen LogP contribution in [0.4, 0.5) is 0 Å². The van der Waals surface area contributed by atoms with Crippen LogP contribution in [0.5, 0.6) is 0 Å². The first-order valence-corrected chi connectivity index (χ1v) is 5.42. The molecule has 0 saturated heterocycles. The minimum absolute atomic E-state index is 0.183. The maximum Gasteiger partial charge on any atom is 0.259 e. The minimum Gasteiger partial charge on any atom is -0.368 e. The van der Waals surface area contributed by atoms with Gasteiger partial charge in [-0.2, -0.15) is 0 Å². The number of nitrogens with two attached hydrogens (primary N) is 1. The first-order chi connectivity index (χ1) is 8.02. The molecule has 4 nitrogen and oxygen atoms in total. The van der Waals surface area contributed by atoms with Crippen molar-refractivity contribution < 1.29 is 4.79 Å². The molecule has 0 spiro atoms. The van der Waals surface area contributed by atoms with Gasteiger partial charge in [0.25, 0.3) is 5.56 Å². The van der Waals surface area contributed by atoms with E-state index in [0.29, 0.717) is 5.39 Å². The van der Waals surface area contributed by atoms with E-state index in [1.165, 1.54) is 4.57 Å². The Morgan fingerprint density at radius 3 is 2.65 bits per heavy atom. The Labute approximate surface area is 98.7 Å². The zero-order chi connectivity index (χ0) is 12.6. The minimum atomic E-state index is -0.632. The molecule has 0 fully saturated rings. The number of primary amides is 1. The summed E-state index contributed by atoms with van der Waals surface area (Å²) >= 11 is 0. The molecule has 1 amide bonds. The lowest BCUT2D eigenvalue weighted by Gasteiger charge is -2.12. The van der Waals surface area contributed by atoms with Crippen molar-refractivity contribution in [3.63, 3.8) is 0 Å². The van der Waals surface area contributed by atoms with Gasteiger partial charge in [-0.1, -0.05) is 12.1 Å². The number of hydrogen-bond acceptors (Lipinski definition) is 2. The molecule has 0 radical (unpaired) electrons. The van der Waals surface area contributed by atoms with Gasteiger partial charge in [0.2, 0.25) is 5.91 Å². The summed E-state index contributed by atoms with van der Waals surface area (Å²) in [6.07, 6.45) is 1.62. The molecule has 0 aliphatic rings. The normalized spacial score (nSPS) is 12.6. The fraction of sp³-hybridized carbons (Fsp3) is 0.231. The van der Waals surface area contributed by atoms with E-state index in [2.05, 4.69) is 0 Å². The maximum absolute atomic E-state index is 12.2. The zero-order valence-corrected chi connectivity index (χ0v) is 9.81. The van der Waals surface area contributed by atoms with Crippen LogP contribution in [0.3, 0.4) is 0 Å². The molecule has 2 rings (SSSR count). The van der Waals surface area contributed by atoms with Crippen molar-refractivity contribution in [3.8, 4) is 0 Å². The highest BCUT2D eigenvalue weighted by Gasteiger charge is 2.13. The summed E-state index contributed by atoms with van der Waals surface area (Å²) in [4.78, 5) is 23.3. The predicted molar refractivity (Wildman–Crippen MR) is 66.9 cm³/mol. The Morgan fingerprint density at radius 1 is 1.29 bits per heavy atom. The highest BCUT2D eigenvalue weighted by molar-refractivity contribution is 5.85. The van der Waals surface area contributed by atoms with Crippen LogP contribution in [0.2, 0.25) is 0 Å². The Hall–Kier alpha value is -2.10. The van der Waals surface area contributed by atoms with Gasteiger partial charge in [0.1, 0.15) is 6.04 Å². The Morgan fingerprint density at radius 2 is 2.00 bits per heavy atom. The number of carbonyl (C=O) groups excluding carboxylic acids is 1. The molecule has 0 saturated carbocycles. The largest absolute Gasteiger partial charge is 0.368 e. The topological polar surface area (TPSA) is 65.1 Å². The molecule has 0 aliphatic heterocycles. The first kappa shape index (κ1) is 11.4. The average Bonchev–Trinajstić information content (AvgIpc) is 2.30. The third-order valence-corrected chi connectivity index (χ3v) is 3.02. The molecular weight excluding hydrogens is 216 g/mol. The van der Waals surface area contributed by atoms with Gasteiger partial charge in [0, 0.05) is 11.6 Å². The van der Waals surface area contributed by atoms with Crippen LogP contribution in [0.25, 0.3) is 10.8 Å². The molecule has 1 atom stereocenters. The van der Waals surface area contributed by atoms with Gasteiger partial charge in [0.05, 0.1) is 0 Å². The molecule has 0 unspecified atom stereocenters. The van der Waals surface area contributed by atoms with Gasteiger partial charge in [0.15, 0.2) is 0 Å². The molecule has 88 valence electrons. The number of fused-ring (bicyclic) bond motifs is 1. The number of aromatic nitrogens is 1. The van der Waals surface area contributed by atoms with Crippen LogP contribution >= 0.6 is 0 Å². The number of carbonyl (C=O) groups is 1. The molecule has 0 bridgehead atoms. The Balaban J connectivity index is 2.75. The number of nitrogens with zero attached hydrogens (tertiary/aromatic N) is 1.